The molecule has 22 heavy (non-hydrogen) atoms. The first-order valence-corrected chi connectivity index (χ1v) is 7.97. The van der Waals surface area contributed by atoms with Gasteiger partial charge in [0.25, 0.3) is 0 Å². The Morgan fingerprint density at radius 3 is 2.50 bits per heavy atom. The van der Waals surface area contributed by atoms with Crippen LogP contribution in [0.15, 0.2) is 40.0 Å². The molecule has 6 heteroatoms. The summed E-state index contributed by atoms with van der Waals surface area (Å²) in [6, 6.07) is 6.67. The molecule has 1 aromatic rings. The fourth-order valence-electron chi connectivity index (χ4n) is 2.38. The molecule has 1 atom stereocenters. The summed E-state index contributed by atoms with van der Waals surface area (Å²) in [6.45, 7) is 5.91. The lowest BCUT2D eigenvalue weighted by Gasteiger charge is -2.31. The topological polar surface area (TPSA) is 67.4 Å². The second kappa shape index (κ2) is 6.96. The highest BCUT2D eigenvalue weighted by molar-refractivity contribution is 9.10. The number of rotatable bonds is 4. The quantitative estimate of drug-likeness (QED) is 0.803. The fourth-order valence-corrected chi connectivity index (χ4v) is 2.65. The van der Waals surface area contributed by atoms with Crippen molar-refractivity contribution in [1.29, 1.82) is 0 Å². The monoisotopic (exact) mass is 366 g/mol. The van der Waals surface area contributed by atoms with Crippen molar-refractivity contribution >= 4 is 27.9 Å². The summed E-state index contributed by atoms with van der Waals surface area (Å²) in [6.07, 6.45) is 0. The van der Waals surface area contributed by atoms with Crippen molar-refractivity contribution in [3.05, 3.63) is 45.6 Å². The number of nitrogens with one attached hydrogen (secondary N) is 2. The maximum atomic E-state index is 12.4. The zero-order valence-corrected chi connectivity index (χ0v) is 14.4. The highest BCUT2D eigenvalue weighted by atomic mass is 79.9. The molecule has 0 bridgehead atoms. The minimum Gasteiger partial charge on any atom is -0.463 e. The minimum atomic E-state index is -0.515. The Hall–Kier alpha value is -1.82. The van der Waals surface area contributed by atoms with Crippen LogP contribution in [0.2, 0.25) is 0 Å². The van der Waals surface area contributed by atoms with Gasteiger partial charge >= 0.3 is 12.0 Å². The zero-order valence-electron chi connectivity index (χ0n) is 12.8. The average Bonchev–Trinajstić information content (AvgIpc) is 2.47. The number of allylic oxidation sites excluding steroid dienone is 1. The van der Waals surface area contributed by atoms with Gasteiger partial charge < -0.3 is 15.4 Å². The first-order chi connectivity index (χ1) is 10.4. The standard InChI is InChI=1S/C16H19BrN2O3/c1-4-22-15(20)12-13(9(2)3)18-16(21)19-14(12)10-5-7-11(17)8-6-10/h5-9,14H,4H2,1-3H3,(H2,18,19,21). The molecular weight excluding hydrogens is 348 g/mol. The normalized spacial score (nSPS) is 18.0. The van der Waals surface area contributed by atoms with Crippen LogP contribution < -0.4 is 10.6 Å². The molecule has 0 aliphatic carbocycles. The molecule has 1 aliphatic heterocycles. The van der Waals surface area contributed by atoms with E-state index in [1.165, 1.54) is 0 Å². The van der Waals surface area contributed by atoms with Crippen molar-refractivity contribution in [1.82, 2.24) is 10.6 Å². The molecule has 1 aromatic carbocycles. The third-order valence-corrected chi connectivity index (χ3v) is 3.91. The SMILES string of the molecule is CCOC(=O)C1=C(C(C)C)NC(=O)NC1c1ccc(Br)cc1. The molecule has 2 amide bonds. The van der Waals surface area contributed by atoms with Gasteiger partial charge in [0.2, 0.25) is 0 Å². The summed E-state index contributed by atoms with van der Waals surface area (Å²) >= 11 is 3.38. The van der Waals surface area contributed by atoms with Crippen LogP contribution in [0.4, 0.5) is 4.79 Å². The number of carbonyl (C=O) groups is 2. The maximum Gasteiger partial charge on any atom is 0.338 e. The van der Waals surface area contributed by atoms with Crippen LogP contribution in [0.3, 0.4) is 0 Å². The third kappa shape index (κ3) is 3.50. The second-order valence-electron chi connectivity index (χ2n) is 5.29. The predicted molar refractivity (Wildman–Crippen MR) is 87.0 cm³/mol. The lowest BCUT2D eigenvalue weighted by Crippen LogP contribution is -2.47. The molecule has 118 valence electrons. The van der Waals surface area contributed by atoms with E-state index in [-0.39, 0.29) is 18.6 Å². The Bertz CT molecular complexity index is 608. The number of esters is 1. The van der Waals surface area contributed by atoms with Crippen LogP contribution in [0.5, 0.6) is 0 Å². The van der Waals surface area contributed by atoms with Gasteiger partial charge in [-0.25, -0.2) is 9.59 Å². The van der Waals surface area contributed by atoms with Crippen molar-refractivity contribution in [3.63, 3.8) is 0 Å². The van der Waals surface area contributed by atoms with E-state index in [2.05, 4.69) is 26.6 Å². The molecule has 0 radical (unpaired) electrons. The summed E-state index contributed by atoms with van der Waals surface area (Å²) in [4.78, 5) is 24.3. The van der Waals surface area contributed by atoms with Crippen LogP contribution in [-0.4, -0.2) is 18.6 Å². The Morgan fingerprint density at radius 1 is 1.32 bits per heavy atom. The fraction of sp³-hybridized carbons (Fsp3) is 0.375. The molecule has 0 aromatic heterocycles. The predicted octanol–water partition coefficient (Wildman–Crippen LogP) is 3.28. The van der Waals surface area contributed by atoms with E-state index in [4.69, 9.17) is 4.74 Å². The Labute approximate surface area is 138 Å². The van der Waals surface area contributed by atoms with Crippen LogP contribution >= 0.6 is 15.9 Å². The summed E-state index contributed by atoms with van der Waals surface area (Å²) in [5, 5.41) is 5.54. The van der Waals surface area contributed by atoms with E-state index in [9.17, 15) is 9.59 Å². The van der Waals surface area contributed by atoms with E-state index in [0.29, 0.717) is 11.3 Å². The molecule has 0 saturated heterocycles. The average molecular weight is 367 g/mol. The van der Waals surface area contributed by atoms with Crippen LogP contribution in [-0.2, 0) is 9.53 Å². The number of benzene rings is 1. The van der Waals surface area contributed by atoms with Crippen molar-refractivity contribution in [2.75, 3.05) is 6.61 Å². The lowest BCUT2D eigenvalue weighted by molar-refractivity contribution is -0.139. The molecule has 2 N–H and O–H groups in total. The number of hydrogen-bond donors (Lipinski definition) is 2. The van der Waals surface area contributed by atoms with Crippen LogP contribution in [0.25, 0.3) is 0 Å². The number of carbonyl (C=O) groups excluding carboxylic acids is 2. The molecule has 0 saturated carbocycles. The van der Waals surface area contributed by atoms with Crippen molar-refractivity contribution in [2.24, 2.45) is 5.92 Å². The molecule has 0 fully saturated rings. The molecule has 1 aliphatic rings. The van der Waals surface area contributed by atoms with Gasteiger partial charge in [0.05, 0.1) is 18.2 Å². The second-order valence-corrected chi connectivity index (χ2v) is 6.20. The molecule has 5 nitrogen and oxygen atoms in total. The largest absolute Gasteiger partial charge is 0.463 e. The summed E-state index contributed by atoms with van der Waals surface area (Å²) in [7, 11) is 0. The Balaban J connectivity index is 2.52. The maximum absolute atomic E-state index is 12.4. The number of ether oxygens (including phenoxy) is 1. The van der Waals surface area contributed by atoms with E-state index >= 15 is 0 Å². The van der Waals surface area contributed by atoms with Crippen molar-refractivity contribution < 1.29 is 14.3 Å². The lowest BCUT2D eigenvalue weighted by atomic mass is 9.91. The van der Waals surface area contributed by atoms with Gasteiger partial charge in [0.1, 0.15) is 0 Å². The van der Waals surface area contributed by atoms with Gasteiger partial charge in [-0.2, -0.15) is 0 Å². The van der Waals surface area contributed by atoms with Crippen molar-refractivity contribution in [3.8, 4) is 0 Å². The van der Waals surface area contributed by atoms with Crippen LogP contribution in [0.1, 0.15) is 32.4 Å². The van der Waals surface area contributed by atoms with Gasteiger partial charge in [-0.1, -0.05) is 41.9 Å². The molecular formula is C16H19BrN2O3. The highest BCUT2D eigenvalue weighted by Crippen LogP contribution is 2.31. The molecule has 1 unspecified atom stereocenters. The smallest absolute Gasteiger partial charge is 0.338 e. The van der Waals surface area contributed by atoms with E-state index < -0.39 is 12.0 Å². The minimum absolute atomic E-state index is 0.00315. The zero-order chi connectivity index (χ0) is 16.3. The van der Waals surface area contributed by atoms with Gasteiger partial charge in [-0.3, -0.25) is 0 Å². The highest BCUT2D eigenvalue weighted by Gasteiger charge is 2.34. The Kier molecular flexibility index (Phi) is 5.24. The van der Waals surface area contributed by atoms with Gasteiger partial charge in [0, 0.05) is 10.2 Å². The molecule has 1 heterocycles. The summed E-state index contributed by atoms with van der Waals surface area (Å²) in [5.74, 6) is -0.407. The Morgan fingerprint density at radius 2 is 1.95 bits per heavy atom. The van der Waals surface area contributed by atoms with Gasteiger partial charge in [-0.15, -0.1) is 0 Å². The van der Waals surface area contributed by atoms with E-state index in [1.807, 2.05) is 38.1 Å². The van der Waals surface area contributed by atoms with Crippen LogP contribution in [0, 0.1) is 5.92 Å². The first-order valence-electron chi connectivity index (χ1n) is 7.18. The first kappa shape index (κ1) is 16.5. The number of halogens is 1. The number of hydrogen-bond acceptors (Lipinski definition) is 3. The van der Waals surface area contributed by atoms with E-state index in [1.54, 1.807) is 6.92 Å². The van der Waals surface area contributed by atoms with Gasteiger partial charge in [-0.05, 0) is 30.5 Å². The summed E-state index contributed by atoms with van der Waals surface area (Å²) in [5.41, 5.74) is 1.90. The molecule has 2 rings (SSSR count). The molecule has 0 spiro atoms. The number of urea groups is 1. The van der Waals surface area contributed by atoms with Crippen molar-refractivity contribution in [2.45, 2.75) is 26.8 Å². The third-order valence-electron chi connectivity index (χ3n) is 3.38. The number of amides is 2. The summed E-state index contributed by atoms with van der Waals surface area (Å²) < 4.78 is 6.11. The van der Waals surface area contributed by atoms with Gasteiger partial charge in [0.15, 0.2) is 0 Å². The van der Waals surface area contributed by atoms with E-state index in [0.717, 1.165) is 10.0 Å².